The summed E-state index contributed by atoms with van der Waals surface area (Å²) in [5.41, 5.74) is 1.35. The molecule has 0 aliphatic heterocycles. The second-order valence-corrected chi connectivity index (χ2v) is 6.81. The highest BCUT2D eigenvalue weighted by atomic mass is 16.5. The molecule has 110 valence electrons. The molecule has 0 radical (unpaired) electrons. The zero-order valence-electron chi connectivity index (χ0n) is 12.9. The van der Waals surface area contributed by atoms with Crippen LogP contribution < -0.4 is 10.1 Å². The van der Waals surface area contributed by atoms with Crippen LogP contribution in [0.2, 0.25) is 0 Å². The molecule has 0 spiro atoms. The summed E-state index contributed by atoms with van der Waals surface area (Å²) in [6.45, 7) is 4.20. The third-order valence-electron chi connectivity index (χ3n) is 5.15. The summed E-state index contributed by atoms with van der Waals surface area (Å²) in [6, 6.07) is 9.02. The third-order valence-corrected chi connectivity index (χ3v) is 5.15. The number of nitrogens with one attached hydrogen (secondary N) is 1. The molecule has 2 fully saturated rings. The van der Waals surface area contributed by atoms with Gasteiger partial charge in [-0.2, -0.15) is 0 Å². The molecule has 0 heterocycles. The van der Waals surface area contributed by atoms with Crippen molar-refractivity contribution < 1.29 is 4.74 Å². The molecule has 2 aliphatic carbocycles. The molecule has 2 aliphatic rings. The van der Waals surface area contributed by atoms with Crippen LogP contribution >= 0.6 is 0 Å². The molecule has 2 saturated carbocycles. The summed E-state index contributed by atoms with van der Waals surface area (Å²) in [6.07, 6.45) is 5.97. The van der Waals surface area contributed by atoms with Gasteiger partial charge in [-0.3, -0.25) is 0 Å². The Bertz CT molecular complexity index is 456. The highest BCUT2D eigenvalue weighted by Crippen LogP contribution is 2.53. The van der Waals surface area contributed by atoms with Gasteiger partial charge in [0.15, 0.2) is 0 Å². The van der Waals surface area contributed by atoms with E-state index >= 15 is 0 Å². The Balaban J connectivity index is 1.85. The van der Waals surface area contributed by atoms with Gasteiger partial charge in [0.1, 0.15) is 5.75 Å². The van der Waals surface area contributed by atoms with E-state index in [-0.39, 0.29) is 6.10 Å². The molecule has 3 rings (SSSR count). The lowest BCUT2D eigenvalue weighted by molar-refractivity contribution is 0.222. The highest BCUT2D eigenvalue weighted by Gasteiger charge is 2.43. The SMILES string of the molecule is CNC(c1ccccc1OC(C)C)C1CC2CCC1C2. The second kappa shape index (κ2) is 5.77. The maximum atomic E-state index is 6.03. The Hall–Kier alpha value is -1.02. The quantitative estimate of drug-likeness (QED) is 0.869. The van der Waals surface area contributed by atoms with Crippen molar-refractivity contribution in [2.75, 3.05) is 7.05 Å². The third kappa shape index (κ3) is 2.58. The smallest absolute Gasteiger partial charge is 0.124 e. The van der Waals surface area contributed by atoms with Gasteiger partial charge >= 0.3 is 0 Å². The zero-order valence-corrected chi connectivity index (χ0v) is 12.9. The lowest BCUT2D eigenvalue weighted by atomic mass is 9.80. The fraction of sp³-hybridized carbons (Fsp3) is 0.667. The molecule has 2 heteroatoms. The van der Waals surface area contributed by atoms with Gasteiger partial charge < -0.3 is 10.1 Å². The monoisotopic (exact) mass is 273 g/mol. The minimum atomic E-state index is 0.230. The molecular formula is C18H27NO. The van der Waals surface area contributed by atoms with E-state index in [4.69, 9.17) is 4.74 Å². The van der Waals surface area contributed by atoms with Gasteiger partial charge in [0.25, 0.3) is 0 Å². The number of benzene rings is 1. The fourth-order valence-corrected chi connectivity index (χ4v) is 4.40. The van der Waals surface area contributed by atoms with Crippen molar-refractivity contribution in [3.8, 4) is 5.75 Å². The number of rotatable bonds is 5. The molecule has 2 bridgehead atoms. The number of fused-ring (bicyclic) bond motifs is 2. The van der Waals surface area contributed by atoms with Crippen molar-refractivity contribution in [2.45, 2.75) is 51.7 Å². The van der Waals surface area contributed by atoms with Gasteiger partial charge in [0, 0.05) is 11.6 Å². The van der Waals surface area contributed by atoms with E-state index < -0.39 is 0 Å². The lowest BCUT2D eigenvalue weighted by Crippen LogP contribution is -2.29. The van der Waals surface area contributed by atoms with Gasteiger partial charge in [0.2, 0.25) is 0 Å². The van der Waals surface area contributed by atoms with Crippen LogP contribution in [-0.2, 0) is 0 Å². The van der Waals surface area contributed by atoms with Gasteiger partial charge in [0.05, 0.1) is 6.10 Å². The van der Waals surface area contributed by atoms with Gasteiger partial charge in [-0.1, -0.05) is 24.6 Å². The first-order chi connectivity index (χ1) is 9.69. The molecule has 0 saturated heterocycles. The Morgan fingerprint density at radius 3 is 2.55 bits per heavy atom. The minimum absolute atomic E-state index is 0.230. The summed E-state index contributed by atoms with van der Waals surface area (Å²) < 4.78 is 6.03. The number of ether oxygens (including phenoxy) is 1. The van der Waals surface area contributed by atoms with Crippen LogP contribution in [0.15, 0.2) is 24.3 Å². The largest absolute Gasteiger partial charge is 0.491 e. The molecular weight excluding hydrogens is 246 g/mol. The van der Waals surface area contributed by atoms with Crippen molar-refractivity contribution in [3.05, 3.63) is 29.8 Å². The number of hydrogen-bond acceptors (Lipinski definition) is 2. The molecule has 2 nitrogen and oxygen atoms in total. The predicted octanol–water partition coefficient (Wildman–Crippen LogP) is 4.17. The molecule has 4 unspecified atom stereocenters. The first-order valence-corrected chi connectivity index (χ1v) is 8.12. The van der Waals surface area contributed by atoms with E-state index in [1.807, 2.05) is 0 Å². The van der Waals surface area contributed by atoms with Crippen molar-refractivity contribution in [3.63, 3.8) is 0 Å². The lowest BCUT2D eigenvalue weighted by Gasteiger charge is -2.32. The Kier molecular flexibility index (Phi) is 4.02. The predicted molar refractivity (Wildman–Crippen MR) is 82.9 cm³/mol. The van der Waals surface area contributed by atoms with E-state index in [0.29, 0.717) is 6.04 Å². The van der Waals surface area contributed by atoms with Crippen LogP contribution in [0.3, 0.4) is 0 Å². The Labute approximate surface area is 122 Å². The van der Waals surface area contributed by atoms with E-state index in [1.165, 1.54) is 31.2 Å². The van der Waals surface area contributed by atoms with Crippen LogP contribution in [0.5, 0.6) is 5.75 Å². The van der Waals surface area contributed by atoms with Crippen molar-refractivity contribution >= 4 is 0 Å². The summed E-state index contributed by atoms with van der Waals surface area (Å²) in [5, 5.41) is 3.58. The normalized spacial score (nSPS) is 29.9. The molecule has 0 aromatic heterocycles. The number of hydrogen-bond donors (Lipinski definition) is 1. The van der Waals surface area contributed by atoms with Crippen molar-refractivity contribution in [1.82, 2.24) is 5.32 Å². The van der Waals surface area contributed by atoms with Crippen LogP contribution in [0, 0.1) is 17.8 Å². The minimum Gasteiger partial charge on any atom is -0.491 e. The Morgan fingerprint density at radius 1 is 1.15 bits per heavy atom. The fourth-order valence-electron chi connectivity index (χ4n) is 4.40. The average Bonchev–Trinajstić information content (AvgIpc) is 3.03. The topological polar surface area (TPSA) is 21.3 Å². The molecule has 1 aromatic carbocycles. The summed E-state index contributed by atoms with van der Waals surface area (Å²) in [5.74, 6) is 3.75. The van der Waals surface area contributed by atoms with Crippen LogP contribution in [0.4, 0.5) is 0 Å². The Morgan fingerprint density at radius 2 is 1.95 bits per heavy atom. The summed E-state index contributed by atoms with van der Waals surface area (Å²) in [4.78, 5) is 0. The average molecular weight is 273 g/mol. The molecule has 1 aromatic rings. The zero-order chi connectivity index (χ0) is 14.1. The number of para-hydroxylation sites is 1. The summed E-state index contributed by atoms with van der Waals surface area (Å²) >= 11 is 0. The van der Waals surface area contributed by atoms with Crippen LogP contribution in [0.1, 0.15) is 51.1 Å². The van der Waals surface area contributed by atoms with Crippen LogP contribution in [0.25, 0.3) is 0 Å². The molecule has 0 amide bonds. The molecule has 1 N–H and O–H groups in total. The van der Waals surface area contributed by atoms with Crippen molar-refractivity contribution in [1.29, 1.82) is 0 Å². The van der Waals surface area contributed by atoms with E-state index in [1.54, 1.807) is 0 Å². The first-order valence-electron chi connectivity index (χ1n) is 8.12. The molecule has 4 atom stereocenters. The highest BCUT2D eigenvalue weighted by molar-refractivity contribution is 5.37. The van der Waals surface area contributed by atoms with Gasteiger partial charge in [-0.15, -0.1) is 0 Å². The van der Waals surface area contributed by atoms with E-state index in [9.17, 15) is 0 Å². The summed E-state index contributed by atoms with van der Waals surface area (Å²) in [7, 11) is 2.10. The van der Waals surface area contributed by atoms with Crippen molar-refractivity contribution in [2.24, 2.45) is 17.8 Å². The first kappa shape index (κ1) is 13.9. The molecule has 20 heavy (non-hydrogen) atoms. The van der Waals surface area contributed by atoms with Crippen LogP contribution in [-0.4, -0.2) is 13.2 Å². The van der Waals surface area contributed by atoms with Gasteiger partial charge in [-0.05, 0) is 64.0 Å². The van der Waals surface area contributed by atoms with E-state index in [0.717, 1.165) is 23.5 Å². The second-order valence-electron chi connectivity index (χ2n) is 6.81. The maximum absolute atomic E-state index is 6.03. The van der Waals surface area contributed by atoms with Gasteiger partial charge in [-0.25, -0.2) is 0 Å². The maximum Gasteiger partial charge on any atom is 0.124 e. The standard InChI is InChI=1S/C18H27NO/c1-12(2)20-17-7-5-4-6-15(17)18(19-3)16-11-13-8-9-14(16)10-13/h4-7,12-14,16,18-19H,8-11H2,1-3H3. The van der Waals surface area contributed by atoms with E-state index in [2.05, 4.69) is 50.5 Å².